The van der Waals surface area contributed by atoms with E-state index in [1.54, 1.807) is 19.1 Å². The molecule has 2 heterocycles. The summed E-state index contributed by atoms with van der Waals surface area (Å²) in [7, 11) is 0. The topological polar surface area (TPSA) is 79.7 Å². The average molecular weight is 278 g/mol. The Bertz CT molecular complexity index is 496. The first-order chi connectivity index (χ1) is 9.61. The lowest BCUT2D eigenvalue weighted by atomic mass is 9.97. The number of carboxylic acids is 1. The van der Waals surface area contributed by atoms with Crippen molar-refractivity contribution >= 4 is 17.8 Å². The van der Waals surface area contributed by atoms with Crippen LogP contribution in [0.15, 0.2) is 18.2 Å². The number of carbonyl (C=O) groups is 2. The maximum atomic E-state index is 11.7. The Hall–Kier alpha value is -2.11. The molecule has 1 aromatic heterocycles. The van der Waals surface area contributed by atoms with E-state index in [-0.39, 0.29) is 17.6 Å². The zero-order valence-corrected chi connectivity index (χ0v) is 11.4. The van der Waals surface area contributed by atoms with E-state index >= 15 is 0 Å². The van der Waals surface area contributed by atoms with Crippen molar-refractivity contribution in [1.29, 1.82) is 0 Å². The number of esters is 1. The minimum Gasteiger partial charge on any atom is -0.477 e. The molecule has 0 amide bonds. The predicted octanol–water partition coefficient (Wildman–Crippen LogP) is 1.56. The van der Waals surface area contributed by atoms with E-state index in [2.05, 4.69) is 4.98 Å². The monoisotopic (exact) mass is 278 g/mol. The van der Waals surface area contributed by atoms with Gasteiger partial charge in [-0.25, -0.2) is 9.78 Å². The Balaban J connectivity index is 1.98. The van der Waals surface area contributed by atoms with Crippen molar-refractivity contribution in [1.82, 2.24) is 4.98 Å². The highest BCUT2D eigenvalue weighted by atomic mass is 16.5. The molecule has 1 saturated heterocycles. The van der Waals surface area contributed by atoms with Gasteiger partial charge in [-0.1, -0.05) is 6.07 Å². The molecule has 6 heteroatoms. The van der Waals surface area contributed by atoms with Crippen LogP contribution in [-0.4, -0.2) is 41.7 Å². The molecule has 2 rings (SSSR count). The molecule has 0 unspecified atom stereocenters. The van der Waals surface area contributed by atoms with Crippen molar-refractivity contribution in [2.24, 2.45) is 5.92 Å². The van der Waals surface area contributed by atoms with Gasteiger partial charge in [-0.15, -0.1) is 0 Å². The first-order valence-corrected chi connectivity index (χ1v) is 6.73. The molecular weight excluding hydrogens is 260 g/mol. The maximum absolute atomic E-state index is 11.7. The maximum Gasteiger partial charge on any atom is 0.354 e. The highest BCUT2D eigenvalue weighted by molar-refractivity contribution is 5.85. The van der Waals surface area contributed by atoms with Gasteiger partial charge in [-0.3, -0.25) is 4.79 Å². The molecule has 0 saturated carbocycles. The number of anilines is 1. The molecule has 1 aliphatic heterocycles. The summed E-state index contributed by atoms with van der Waals surface area (Å²) in [6.45, 7) is 3.56. The third-order valence-electron chi connectivity index (χ3n) is 3.39. The van der Waals surface area contributed by atoms with Crippen LogP contribution >= 0.6 is 0 Å². The summed E-state index contributed by atoms with van der Waals surface area (Å²) in [5.74, 6) is -0.589. The second-order valence-electron chi connectivity index (χ2n) is 4.70. The second-order valence-corrected chi connectivity index (χ2v) is 4.70. The first kappa shape index (κ1) is 14.3. The van der Waals surface area contributed by atoms with Crippen molar-refractivity contribution < 1.29 is 19.4 Å². The van der Waals surface area contributed by atoms with Crippen molar-refractivity contribution in [2.75, 3.05) is 24.6 Å². The Morgan fingerprint density at radius 3 is 2.70 bits per heavy atom. The van der Waals surface area contributed by atoms with E-state index in [0.717, 1.165) is 0 Å². The second kappa shape index (κ2) is 6.36. The fourth-order valence-corrected chi connectivity index (χ4v) is 2.32. The van der Waals surface area contributed by atoms with Crippen LogP contribution in [0.4, 0.5) is 5.82 Å². The lowest BCUT2D eigenvalue weighted by molar-refractivity contribution is -0.148. The highest BCUT2D eigenvalue weighted by Crippen LogP contribution is 2.23. The fraction of sp³-hybridized carbons (Fsp3) is 0.500. The Morgan fingerprint density at radius 2 is 2.10 bits per heavy atom. The summed E-state index contributed by atoms with van der Waals surface area (Å²) in [4.78, 5) is 28.7. The average Bonchev–Trinajstić information content (AvgIpc) is 2.48. The van der Waals surface area contributed by atoms with Gasteiger partial charge in [0.25, 0.3) is 0 Å². The number of nitrogens with zero attached hydrogens (tertiary/aromatic N) is 2. The molecule has 6 nitrogen and oxygen atoms in total. The van der Waals surface area contributed by atoms with Crippen LogP contribution < -0.4 is 4.90 Å². The van der Waals surface area contributed by atoms with Gasteiger partial charge in [0.05, 0.1) is 12.5 Å². The number of aromatic carboxylic acids is 1. The molecule has 1 N–H and O–H groups in total. The van der Waals surface area contributed by atoms with Crippen LogP contribution in [0.1, 0.15) is 30.3 Å². The van der Waals surface area contributed by atoms with Gasteiger partial charge in [0.15, 0.2) is 5.69 Å². The van der Waals surface area contributed by atoms with E-state index in [1.165, 1.54) is 6.07 Å². The third-order valence-corrected chi connectivity index (χ3v) is 3.39. The summed E-state index contributed by atoms with van der Waals surface area (Å²) < 4.78 is 5.02. The standard InChI is InChI=1S/C14H18N2O4/c1-2-20-14(19)10-6-8-16(9-7-10)12-5-3-4-11(15-12)13(17)18/h3-5,10H,2,6-9H2,1H3,(H,17,18). The molecular formula is C14H18N2O4. The molecule has 0 aromatic carbocycles. The number of hydrogen-bond acceptors (Lipinski definition) is 5. The van der Waals surface area contributed by atoms with E-state index in [4.69, 9.17) is 9.84 Å². The van der Waals surface area contributed by atoms with Gasteiger partial charge in [-0.05, 0) is 31.9 Å². The Labute approximate surface area is 117 Å². The van der Waals surface area contributed by atoms with Crippen LogP contribution in [0.5, 0.6) is 0 Å². The summed E-state index contributed by atoms with van der Waals surface area (Å²) >= 11 is 0. The van der Waals surface area contributed by atoms with Crippen LogP contribution in [0.2, 0.25) is 0 Å². The van der Waals surface area contributed by atoms with E-state index in [9.17, 15) is 9.59 Å². The molecule has 0 spiro atoms. The zero-order chi connectivity index (χ0) is 14.5. The summed E-state index contributed by atoms with van der Waals surface area (Å²) in [5.41, 5.74) is 0.0371. The van der Waals surface area contributed by atoms with Gasteiger partial charge in [0.2, 0.25) is 0 Å². The number of carboxylic acid groups (broad SMARTS) is 1. The van der Waals surface area contributed by atoms with Crippen LogP contribution in [-0.2, 0) is 9.53 Å². The largest absolute Gasteiger partial charge is 0.477 e. The molecule has 0 radical (unpaired) electrons. The van der Waals surface area contributed by atoms with Gasteiger partial charge < -0.3 is 14.7 Å². The predicted molar refractivity (Wildman–Crippen MR) is 72.8 cm³/mol. The van der Waals surface area contributed by atoms with Gasteiger partial charge in [-0.2, -0.15) is 0 Å². The normalized spacial score (nSPS) is 15.9. The summed E-state index contributed by atoms with van der Waals surface area (Å²) in [6, 6.07) is 4.94. The number of pyridine rings is 1. The van der Waals surface area contributed by atoms with E-state index < -0.39 is 5.97 Å². The molecule has 1 aromatic rings. The molecule has 0 atom stereocenters. The molecule has 20 heavy (non-hydrogen) atoms. The quantitative estimate of drug-likeness (QED) is 0.842. The van der Waals surface area contributed by atoms with E-state index in [1.807, 2.05) is 4.90 Å². The van der Waals surface area contributed by atoms with Crippen molar-refractivity contribution in [3.63, 3.8) is 0 Å². The summed E-state index contributed by atoms with van der Waals surface area (Å²) in [6.07, 6.45) is 1.41. The number of ether oxygens (including phenoxy) is 1. The van der Waals surface area contributed by atoms with Crippen molar-refractivity contribution in [3.05, 3.63) is 23.9 Å². The zero-order valence-electron chi connectivity index (χ0n) is 11.4. The molecule has 0 aliphatic carbocycles. The lowest BCUT2D eigenvalue weighted by Gasteiger charge is -2.31. The number of piperidine rings is 1. The molecule has 108 valence electrons. The molecule has 0 bridgehead atoms. The van der Waals surface area contributed by atoms with Gasteiger partial charge in [0, 0.05) is 13.1 Å². The highest BCUT2D eigenvalue weighted by Gasteiger charge is 2.26. The smallest absolute Gasteiger partial charge is 0.354 e. The van der Waals surface area contributed by atoms with Gasteiger partial charge >= 0.3 is 11.9 Å². The Kier molecular flexibility index (Phi) is 4.55. The van der Waals surface area contributed by atoms with Crippen LogP contribution in [0, 0.1) is 5.92 Å². The van der Waals surface area contributed by atoms with Crippen LogP contribution in [0.3, 0.4) is 0 Å². The first-order valence-electron chi connectivity index (χ1n) is 6.73. The summed E-state index contributed by atoms with van der Waals surface area (Å²) in [5, 5.41) is 8.94. The Morgan fingerprint density at radius 1 is 1.40 bits per heavy atom. The van der Waals surface area contributed by atoms with Crippen molar-refractivity contribution in [2.45, 2.75) is 19.8 Å². The minimum absolute atomic E-state index is 0.0371. The van der Waals surface area contributed by atoms with Crippen molar-refractivity contribution in [3.8, 4) is 0 Å². The van der Waals surface area contributed by atoms with Crippen LogP contribution in [0.25, 0.3) is 0 Å². The van der Waals surface area contributed by atoms with Gasteiger partial charge in [0.1, 0.15) is 5.82 Å². The number of carbonyl (C=O) groups excluding carboxylic acids is 1. The lowest BCUT2D eigenvalue weighted by Crippen LogP contribution is -2.37. The minimum atomic E-state index is -1.03. The molecule has 1 fully saturated rings. The van der Waals surface area contributed by atoms with E-state index in [0.29, 0.717) is 38.4 Å². The number of hydrogen-bond donors (Lipinski definition) is 1. The number of aromatic nitrogens is 1. The fourth-order valence-electron chi connectivity index (χ4n) is 2.32. The third kappa shape index (κ3) is 3.26. The molecule has 1 aliphatic rings. The SMILES string of the molecule is CCOC(=O)C1CCN(c2cccc(C(=O)O)n2)CC1. The number of rotatable bonds is 4.